The third-order valence-corrected chi connectivity index (χ3v) is 3.02. The van der Waals surface area contributed by atoms with Crippen molar-refractivity contribution in [3.8, 4) is 0 Å². The Morgan fingerprint density at radius 1 is 1.50 bits per heavy atom. The van der Waals surface area contributed by atoms with Crippen LogP contribution in [0.4, 0.5) is 0 Å². The van der Waals surface area contributed by atoms with E-state index >= 15 is 0 Å². The average Bonchev–Trinajstić information content (AvgIpc) is 2.75. The van der Waals surface area contributed by atoms with Gasteiger partial charge in [-0.15, -0.1) is 0 Å². The van der Waals surface area contributed by atoms with Gasteiger partial charge in [-0.2, -0.15) is 5.10 Å². The van der Waals surface area contributed by atoms with Gasteiger partial charge in [-0.25, -0.2) is 0 Å². The van der Waals surface area contributed by atoms with Gasteiger partial charge in [0.25, 0.3) is 0 Å². The largest absolute Gasteiger partial charge is 0.466 e. The quantitative estimate of drug-likeness (QED) is 0.814. The number of rotatable bonds is 6. The summed E-state index contributed by atoms with van der Waals surface area (Å²) in [7, 11) is 1.83. The van der Waals surface area contributed by atoms with Gasteiger partial charge in [-0.1, -0.05) is 27.7 Å². The lowest BCUT2D eigenvalue weighted by Crippen LogP contribution is -2.17. The van der Waals surface area contributed by atoms with E-state index in [-0.39, 0.29) is 17.8 Å². The van der Waals surface area contributed by atoms with Crippen molar-refractivity contribution in [2.45, 2.75) is 58.5 Å². The maximum Gasteiger partial charge on any atom is 0.305 e. The number of hydrogen-bond donors (Lipinski definition) is 1. The molecule has 0 amide bonds. The molecule has 1 aromatic rings. The highest BCUT2D eigenvalue weighted by Crippen LogP contribution is 2.30. The molecule has 0 bridgehead atoms. The highest BCUT2D eigenvalue weighted by Gasteiger charge is 2.26. The van der Waals surface area contributed by atoms with Crippen molar-refractivity contribution in [1.29, 1.82) is 0 Å². The third-order valence-electron chi connectivity index (χ3n) is 3.02. The van der Waals surface area contributed by atoms with Gasteiger partial charge in [-0.3, -0.25) is 9.48 Å². The van der Waals surface area contributed by atoms with Crippen molar-refractivity contribution in [3.05, 3.63) is 17.5 Å². The van der Waals surface area contributed by atoms with E-state index in [9.17, 15) is 9.90 Å². The van der Waals surface area contributed by atoms with Crippen LogP contribution >= 0.6 is 0 Å². The Morgan fingerprint density at radius 2 is 2.15 bits per heavy atom. The predicted octanol–water partition coefficient (Wildman–Crippen LogP) is 2.48. The summed E-state index contributed by atoms with van der Waals surface area (Å²) >= 11 is 0. The molecule has 0 saturated carbocycles. The van der Waals surface area contributed by atoms with Crippen LogP contribution in [0.3, 0.4) is 0 Å². The van der Waals surface area contributed by atoms with Crippen molar-refractivity contribution in [3.63, 3.8) is 0 Å². The molecular formula is C15H26N2O3. The van der Waals surface area contributed by atoms with E-state index < -0.39 is 6.10 Å². The molecule has 1 rings (SSSR count). The Kier molecular flexibility index (Phi) is 5.74. The van der Waals surface area contributed by atoms with E-state index in [0.717, 1.165) is 17.7 Å². The first-order valence-corrected chi connectivity index (χ1v) is 7.13. The summed E-state index contributed by atoms with van der Waals surface area (Å²) in [6, 6.07) is 0. The summed E-state index contributed by atoms with van der Waals surface area (Å²) in [5.41, 5.74) is 1.53. The van der Waals surface area contributed by atoms with Crippen LogP contribution in [0, 0.1) is 0 Å². The molecule has 0 aliphatic heterocycles. The number of hydrogen-bond acceptors (Lipinski definition) is 4. The van der Waals surface area contributed by atoms with Gasteiger partial charge in [0.05, 0.1) is 18.4 Å². The van der Waals surface area contributed by atoms with Gasteiger partial charge >= 0.3 is 5.97 Å². The molecule has 0 spiro atoms. The van der Waals surface area contributed by atoms with E-state index in [1.165, 1.54) is 0 Å². The van der Waals surface area contributed by atoms with Crippen LogP contribution in [-0.2, 0) is 22.0 Å². The van der Waals surface area contributed by atoms with Gasteiger partial charge in [-0.05, 0) is 12.8 Å². The Morgan fingerprint density at radius 3 is 2.70 bits per heavy atom. The third kappa shape index (κ3) is 4.63. The fraction of sp³-hybridized carbons (Fsp3) is 0.733. The summed E-state index contributed by atoms with van der Waals surface area (Å²) in [5.74, 6) is -0.257. The van der Waals surface area contributed by atoms with Crippen molar-refractivity contribution in [2.75, 3.05) is 6.61 Å². The second-order valence-corrected chi connectivity index (χ2v) is 6.13. The maximum atomic E-state index is 11.5. The molecule has 0 saturated heterocycles. The number of aryl methyl sites for hydroxylation is 1. The number of esters is 1. The summed E-state index contributed by atoms with van der Waals surface area (Å²) in [4.78, 5) is 11.5. The van der Waals surface area contributed by atoms with Crippen LogP contribution in [0.1, 0.15) is 64.3 Å². The Labute approximate surface area is 120 Å². The lowest BCUT2D eigenvalue weighted by molar-refractivity contribution is -0.144. The number of aliphatic hydroxyl groups is 1. The molecule has 114 valence electrons. The van der Waals surface area contributed by atoms with Crippen LogP contribution in [0.2, 0.25) is 0 Å². The predicted molar refractivity (Wildman–Crippen MR) is 77.4 cm³/mol. The molecule has 0 radical (unpaired) electrons. The van der Waals surface area contributed by atoms with Gasteiger partial charge < -0.3 is 9.84 Å². The molecule has 0 fully saturated rings. The average molecular weight is 282 g/mol. The lowest BCUT2D eigenvalue weighted by atomic mass is 9.87. The Balaban J connectivity index is 2.68. The molecule has 20 heavy (non-hydrogen) atoms. The summed E-state index contributed by atoms with van der Waals surface area (Å²) < 4.78 is 6.71. The van der Waals surface area contributed by atoms with E-state index in [0.29, 0.717) is 13.0 Å². The molecule has 5 heteroatoms. The molecule has 5 nitrogen and oxygen atoms in total. The number of nitrogens with zero attached hydrogens (tertiary/aromatic N) is 2. The smallest absolute Gasteiger partial charge is 0.305 e. The number of carbonyl (C=O) groups excluding carboxylic acids is 1. The normalized spacial score (nSPS) is 13.3. The monoisotopic (exact) mass is 282 g/mol. The van der Waals surface area contributed by atoms with Gasteiger partial charge in [0.2, 0.25) is 0 Å². The summed E-state index contributed by atoms with van der Waals surface area (Å²) in [6.07, 6.45) is 2.53. The molecule has 0 aromatic carbocycles. The zero-order valence-corrected chi connectivity index (χ0v) is 13.1. The second kappa shape index (κ2) is 6.88. The van der Waals surface area contributed by atoms with Gasteiger partial charge in [0.15, 0.2) is 0 Å². The lowest BCUT2D eigenvalue weighted by Gasteiger charge is -2.19. The highest BCUT2D eigenvalue weighted by atomic mass is 16.5. The summed E-state index contributed by atoms with van der Waals surface area (Å²) in [5, 5.41) is 14.7. The van der Waals surface area contributed by atoms with E-state index in [1.54, 1.807) is 4.68 Å². The standard InChI is InChI=1S/C15H26N2O3/c1-6-9-20-13(19)8-7-12(18)11-10-17(5)16-14(11)15(2,3)4/h10,12,18H,6-9H2,1-5H3. The molecule has 1 aromatic heterocycles. The van der Waals surface area contributed by atoms with Crippen LogP contribution < -0.4 is 0 Å². The highest BCUT2D eigenvalue weighted by molar-refractivity contribution is 5.69. The van der Waals surface area contributed by atoms with E-state index in [4.69, 9.17) is 4.74 Å². The number of aliphatic hydroxyl groups excluding tert-OH is 1. The van der Waals surface area contributed by atoms with Gasteiger partial charge in [0, 0.05) is 30.6 Å². The number of aromatic nitrogens is 2. The molecular weight excluding hydrogens is 256 g/mol. The zero-order chi connectivity index (χ0) is 15.3. The maximum absolute atomic E-state index is 11.5. The second-order valence-electron chi connectivity index (χ2n) is 6.13. The first kappa shape index (κ1) is 16.7. The minimum atomic E-state index is -0.688. The first-order chi connectivity index (χ1) is 9.25. The summed E-state index contributed by atoms with van der Waals surface area (Å²) in [6.45, 7) is 8.56. The Hall–Kier alpha value is -1.36. The van der Waals surface area contributed by atoms with Crippen LogP contribution in [0.25, 0.3) is 0 Å². The molecule has 0 aliphatic rings. The zero-order valence-electron chi connectivity index (χ0n) is 13.1. The van der Waals surface area contributed by atoms with Crippen molar-refractivity contribution >= 4 is 5.97 Å². The van der Waals surface area contributed by atoms with Gasteiger partial charge in [0.1, 0.15) is 0 Å². The van der Waals surface area contributed by atoms with Crippen LogP contribution in [-0.4, -0.2) is 27.5 Å². The van der Waals surface area contributed by atoms with Crippen molar-refractivity contribution < 1.29 is 14.6 Å². The topological polar surface area (TPSA) is 64.3 Å². The van der Waals surface area contributed by atoms with Crippen molar-refractivity contribution in [1.82, 2.24) is 9.78 Å². The first-order valence-electron chi connectivity index (χ1n) is 7.13. The molecule has 0 aliphatic carbocycles. The molecule has 1 heterocycles. The fourth-order valence-corrected chi connectivity index (χ4v) is 2.03. The minimum absolute atomic E-state index is 0.139. The Bertz CT molecular complexity index is 446. The molecule has 1 unspecified atom stereocenters. The van der Waals surface area contributed by atoms with Crippen molar-refractivity contribution in [2.24, 2.45) is 7.05 Å². The van der Waals surface area contributed by atoms with E-state index in [1.807, 2.05) is 20.2 Å². The number of ether oxygens (including phenoxy) is 1. The fourth-order valence-electron chi connectivity index (χ4n) is 2.03. The SMILES string of the molecule is CCCOC(=O)CCC(O)c1cn(C)nc1C(C)(C)C. The van der Waals surface area contributed by atoms with Crippen LogP contribution in [0.5, 0.6) is 0 Å². The minimum Gasteiger partial charge on any atom is -0.466 e. The number of carbonyl (C=O) groups is 1. The molecule has 1 N–H and O–H groups in total. The molecule has 1 atom stereocenters. The van der Waals surface area contributed by atoms with E-state index in [2.05, 4.69) is 25.9 Å². The van der Waals surface area contributed by atoms with Crippen LogP contribution in [0.15, 0.2) is 6.20 Å².